The van der Waals surface area contributed by atoms with E-state index in [0.29, 0.717) is 11.8 Å². The number of anilines is 1. The van der Waals surface area contributed by atoms with E-state index >= 15 is 0 Å². The SMILES string of the molecule is CCCN(CC1CCCCN1)c1cc(C)nc2ncnn12. The number of piperidine rings is 1. The number of aryl methyl sites for hydroxylation is 1. The first-order valence-electron chi connectivity index (χ1n) is 7.93. The maximum Gasteiger partial charge on any atom is 0.254 e. The van der Waals surface area contributed by atoms with Crippen LogP contribution in [0.15, 0.2) is 12.4 Å². The first-order chi connectivity index (χ1) is 10.3. The van der Waals surface area contributed by atoms with Gasteiger partial charge in [0.25, 0.3) is 5.78 Å². The molecule has 0 spiro atoms. The zero-order chi connectivity index (χ0) is 14.7. The van der Waals surface area contributed by atoms with Crippen LogP contribution < -0.4 is 10.2 Å². The van der Waals surface area contributed by atoms with Crippen LogP contribution >= 0.6 is 0 Å². The van der Waals surface area contributed by atoms with Gasteiger partial charge >= 0.3 is 0 Å². The Morgan fingerprint density at radius 1 is 1.43 bits per heavy atom. The summed E-state index contributed by atoms with van der Waals surface area (Å²) in [6.45, 7) is 7.41. The van der Waals surface area contributed by atoms with Crippen LogP contribution in [0.25, 0.3) is 5.78 Å². The maximum absolute atomic E-state index is 4.43. The molecule has 0 saturated carbocycles. The average Bonchev–Trinajstić information content (AvgIpc) is 2.95. The molecule has 0 aromatic carbocycles. The van der Waals surface area contributed by atoms with Gasteiger partial charge in [0.15, 0.2) is 0 Å². The minimum atomic E-state index is 0.567. The second-order valence-electron chi connectivity index (χ2n) is 5.82. The number of nitrogens with zero attached hydrogens (tertiary/aromatic N) is 5. The molecule has 0 amide bonds. The van der Waals surface area contributed by atoms with Gasteiger partial charge in [-0.3, -0.25) is 0 Å². The molecule has 1 saturated heterocycles. The first kappa shape index (κ1) is 14.3. The number of aromatic nitrogens is 4. The molecule has 1 atom stereocenters. The predicted octanol–water partition coefficient (Wildman–Crippen LogP) is 1.79. The van der Waals surface area contributed by atoms with Gasteiger partial charge in [0, 0.05) is 30.9 Å². The van der Waals surface area contributed by atoms with Crippen LogP contribution in [0.2, 0.25) is 0 Å². The van der Waals surface area contributed by atoms with Crippen molar-refractivity contribution in [3.8, 4) is 0 Å². The van der Waals surface area contributed by atoms with E-state index in [0.717, 1.165) is 37.6 Å². The third-order valence-corrected chi connectivity index (χ3v) is 4.03. The van der Waals surface area contributed by atoms with Crippen LogP contribution in [-0.4, -0.2) is 45.3 Å². The Labute approximate surface area is 125 Å². The molecule has 2 aromatic rings. The summed E-state index contributed by atoms with van der Waals surface area (Å²) in [7, 11) is 0. The van der Waals surface area contributed by atoms with Crippen LogP contribution in [0, 0.1) is 6.92 Å². The molecule has 3 heterocycles. The lowest BCUT2D eigenvalue weighted by Crippen LogP contribution is -2.44. The third kappa shape index (κ3) is 3.15. The molecular formula is C15H24N6. The van der Waals surface area contributed by atoms with Gasteiger partial charge in [0.2, 0.25) is 0 Å². The number of rotatable bonds is 5. The molecule has 3 rings (SSSR count). The Kier molecular flexibility index (Phi) is 4.34. The molecule has 1 aliphatic heterocycles. The van der Waals surface area contributed by atoms with E-state index in [-0.39, 0.29) is 0 Å². The Morgan fingerprint density at radius 2 is 2.33 bits per heavy atom. The monoisotopic (exact) mass is 288 g/mol. The summed E-state index contributed by atoms with van der Waals surface area (Å²) in [6, 6.07) is 2.68. The molecule has 114 valence electrons. The van der Waals surface area contributed by atoms with Crippen molar-refractivity contribution in [3.05, 3.63) is 18.1 Å². The zero-order valence-corrected chi connectivity index (χ0v) is 12.9. The van der Waals surface area contributed by atoms with Crippen molar-refractivity contribution >= 4 is 11.6 Å². The summed E-state index contributed by atoms with van der Waals surface area (Å²) < 4.78 is 1.85. The van der Waals surface area contributed by atoms with Gasteiger partial charge in [-0.15, -0.1) is 0 Å². The lowest BCUT2D eigenvalue weighted by molar-refractivity contribution is 0.398. The van der Waals surface area contributed by atoms with Crippen molar-refractivity contribution < 1.29 is 0 Å². The Hall–Kier alpha value is -1.69. The van der Waals surface area contributed by atoms with E-state index in [2.05, 4.69) is 38.3 Å². The molecule has 6 nitrogen and oxygen atoms in total. The van der Waals surface area contributed by atoms with Crippen molar-refractivity contribution in [1.29, 1.82) is 0 Å². The summed E-state index contributed by atoms with van der Waals surface area (Å²) in [5.74, 6) is 1.78. The quantitative estimate of drug-likeness (QED) is 0.909. The number of hydrogen-bond donors (Lipinski definition) is 1. The smallest absolute Gasteiger partial charge is 0.254 e. The highest BCUT2D eigenvalue weighted by atomic mass is 15.4. The zero-order valence-electron chi connectivity index (χ0n) is 12.9. The summed E-state index contributed by atoms with van der Waals surface area (Å²) in [5.41, 5.74) is 0.989. The van der Waals surface area contributed by atoms with Gasteiger partial charge in [-0.05, 0) is 32.7 Å². The van der Waals surface area contributed by atoms with E-state index in [1.165, 1.54) is 19.3 Å². The van der Waals surface area contributed by atoms with Gasteiger partial charge in [-0.25, -0.2) is 4.98 Å². The molecule has 1 aliphatic rings. The molecule has 0 aliphatic carbocycles. The highest BCUT2D eigenvalue weighted by Gasteiger charge is 2.19. The fourth-order valence-electron chi connectivity index (χ4n) is 3.05. The molecule has 1 N–H and O–H groups in total. The van der Waals surface area contributed by atoms with Crippen molar-refractivity contribution in [2.75, 3.05) is 24.5 Å². The molecule has 0 bridgehead atoms. The molecule has 0 radical (unpaired) electrons. The van der Waals surface area contributed by atoms with Crippen LogP contribution in [0.3, 0.4) is 0 Å². The van der Waals surface area contributed by atoms with E-state index in [4.69, 9.17) is 0 Å². The van der Waals surface area contributed by atoms with E-state index < -0.39 is 0 Å². The first-order valence-corrected chi connectivity index (χ1v) is 7.93. The fourth-order valence-corrected chi connectivity index (χ4v) is 3.05. The second kappa shape index (κ2) is 6.39. The van der Waals surface area contributed by atoms with Gasteiger partial charge < -0.3 is 10.2 Å². The molecule has 21 heavy (non-hydrogen) atoms. The summed E-state index contributed by atoms with van der Waals surface area (Å²) >= 11 is 0. The van der Waals surface area contributed by atoms with Crippen molar-refractivity contribution in [2.45, 2.75) is 45.6 Å². The van der Waals surface area contributed by atoms with Crippen molar-refractivity contribution in [2.24, 2.45) is 0 Å². The normalized spacial score (nSPS) is 19.0. The second-order valence-corrected chi connectivity index (χ2v) is 5.82. The Morgan fingerprint density at radius 3 is 3.10 bits per heavy atom. The van der Waals surface area contributed by atoms with Crippen LogP contribution in [0.1, 0.15) is 38.3 Å². The summed E-state index contributed by atoms with van der Waals surface area (Å²) in [5, 5.41) is 7.97. The van der Waals surface area contributed by atoms with Gasteiger partial charge in [-0.1, -0.05) is 13.3 Å². The number of hydrogen-bond acceptors (Lipinski definition) is 5. The molecule has 2 aromatic heterocycles. The van der Waals surface area contributed by atoms with E-state index in [1.807, 2.05) is 11.4 Å². The molecule has 1 unspecified atom stereocenters. The summed E-state index contributed by atoms with van der Waals surface area (Å²) in [4.78, 5) is 11.1. The van der Waals surface area contributed by atoms with Gasteiger partial charge in [-0.2, -0.15) is 14.6 Å². The lowest BCUT2D eigenvalue weighted by Gasteiger charge is -2.32. The largest absolute Gasteiger partial charge is 0.355 e. The topological polar surface area (TPSA) is 58.3 Å². The minimum absolute atomic E-state index is 0.567. The van der Waals surface area contributed by atoms with Gasteiger partial charge in [0.1, 0.15) is 12.1 Å². The minimum Gasteiger partial charge on any atom is -0.355 e. The van der Waals surface area contributed by atoms with Crippen LogP contribution in [-0.2, 0) is 0 Å². The third-order valence-electron chi connectivity index (χ3n) is 4.03. The van der Waals surface area contributed by atoms with Gasteiger partial charge in [0.05, 0.1) is 0 Å². The highest BCUT2D eigenvalue weighted by molar-refractivity contribution is 5.47. The maximum atomic E-state index is 4.43. The fraction of sp³-hybridized carbons (Fsp3) is 0.667. The predicted molar refractivity (Wildman–Crippen MR) is 83.7 cm³/mol. The number of nitrogens with one attached hydrogen (secondary N) is 1. The molecule has 1 fully saturated rings. The Bertz CT molecular complexity index is 587. The lowest BCUT2D eigenvalue weighted by atomic mass is 10.0. The molecule has 6 heteroatoms. The standard InChI is InChI=1S/C15H24N6/c1-3-8-20(10-13-6-4-5-7-16-13)14-9-12(2)19-15-17-11-18-21(14)15/h9,11,13,16H,3-8,10H2,1-2H3. The van der Waals surface area contributed by atoms with Crippen molar-refractivity contribution in [1.82, 2.24) is 24.9 Å². The van der Waals surface area contributed by atoms with E-state index in [1.54, 1.807) is 6.33 Å². The average molecular weight is 288 g/mol. The highest BCUT2D eigenvalue weighted by Crippen LogP contribution is 2.18. The van der Waals surface area contributed by atoms with Crippen molar-refractivity contribution in [3.63, 3.8) is 0 Å². The Balaban J connectivity index is 1.88. The number of fused-ring (bicyclic) bond motifs is 1. The van der Waals surface area contributed by atoms with Crippen LogP contribution in [0.5, 0.6) is 0 Å². The molecular weight excluding hydrogens is 264 g/mol. The van der Waals surface area contributed by atoms with E-state index in [9.17, 15) is 0 Å². The summed E-state index contributed by atoms with van der Waals surface area (Å²) in [6.07, 6.45) is 6.57. The van der Waals surface area contributed by atoms with Crippen LogP contribution in [0.4, 0.5) is 5.82 Å².